The number of terminal acetylenes is 1. The fourth-order valence-corrected chi connectivity index (χ4v) is 2.60. The summed E-state index contributed by atoms with van der Waals surface area (Å²) in [7, 11) is -3.83. The minimum absolute atomic E-state index is 0.0509. The minimum Gasteiger partial charge on any atom is -0.480 e. The second-order valence-electron chi connectivity index (χ2n) is 5.22. The van der Waals surface area contributed by atoms with Crippen LogP contribution in [-0.2, 0) is 14.8 Å². The summed E-state index contributed by atoms with van der Waals surface area (Å²) in [6.07, 6.45) is 6.55. The maximum atomic E-state index is 12.3. The second-order valence-corrected chi connectivity index (χ2v) is 6.79. The van der Waals surface area contributed by atoms with E-state index in [1.54, 1.807) is 24.3 Å². The molecule has 0 unspecified atom stereocenters. The molecule has 0 saturated heterocycles. The molecule has 0 aliphatic carbocycles. The van der Waals surface area contributed by atoms with Gasteiger partial charge in [0.15, 0.2) is 0 Å². The number of hydrogen-bond donors (Lipinski definition) is 2. The Kier molecular flexibility index (Phi) is 6.34. The molecule has 0 spiro atoms. The fraction of sp³-hybridized carbons (Fsp3) is 0.0526. The molecule has 0 saturated carbocycles. The molecular formula is C19H15N3O4S. The van der Waals surface area contributed by atoms with Crippen molar-refractivity contribution in [1.29, 1.82) is 5.26 Å². The first-order valence-corrected chi connectivity index (χ1v) is 9.11. The molecular weight excluding hydrogens is 366 g/mol. The monoisotopic (exact) mass is 381 g/mol. The number of nitrogens with two attached hydrogens (primary N) is 1. The van der Waals surface area contributed by atoms with Crippen molar-refractivity contribution in [1.82, 2.24) is 0 Å². The van der Waals surface area contributed by atoms with E-state index in [0.29, 0.717) is 17.0 Å². The van der Waals surface area contributed by atoms with Gasteiger partial charge in [-0.1, -0.05) is 24.1 Å². The third-order valence-electron chi connectivity index (χ3n) is 3.34. The first-order valence-electron chi connectivity index (χ1n) is 7.56. The van der Waals surface area contributed by atoms with Gasteiger partial charge < -0.3 is 10.1 Å². The van der Waals surface area contributed by atoms with Gasteiger partial charge in [-0.2, -0.15) is 5.26 Å². The Bertz CT molecular complexity index is 1060. The molecule has 2 aromatic carbocycles. The molecule has 0 heterocycles. The summed E-state index contributed by atoms with van der Waals surface area (Å²) in [5.74, 6) is 2.12. The highest BCUT2D eigenvalue weighted by molar-refractivity contribution is 7.89. The first kappa shape index (κ1) is 19.7. The molecule has 2 rings (SSSR count). The standard InChI is InChI=1S/C19H15N3O4S/c1-2-11-26-18-6-4-3-5-14(18)12-15(13-20)19(23)22-16-7-9-17(10-8-16)27(21,24)25/h1,3-10,12H,11H2,(H,22,23)(H2,21,24,25)/b15-12+. The van der Waals surface area contributed by atoms with Crippen molar-refractivity contribution in [2.24, 2.45) is 5.14 Å². The number of anilines is 1. The lowest BCUT2D eigenvalue weighted by Gasteiger charge is -2.08. The average Bonchev–Trinajstić information content (AvgIpc) is 2.64. The van der Waals surface area contributed by atoms with E-state index in [1.807, 2.05) is 6.07 Å². The van der Waals surface area contributed by atoms with E-state index in [2.05, 4.69) is 11.2 Å². The van der Waals surface area contributed by atoms with Gasteiger partial charge in [0, 0.05) is 11.3 Å². The highest BCUT2D eigenvalue weighted by Gasteiger charge is 2.12. The Labute approximate surface area is 157 Å². The van der Waals surface area contributed by atoms with Crippen LogP contribution in [0.3, 0.4) is 0 Å². The normalized spacial score (nSPS) is 11.1. The van der Waals surface area contributed by atoms with Gasteiger partial charge in [-0.05, 0) is 36.4 Å². The van der Waals surface area contributed by atoms with Gasteiger partial charge in [-0.3, -0.25) is 4.79 Å². The number of carbonyl (C=O) groups excluding carboxylic acids is 1. The number of carbonyl (C=O) groups is 1. The maximum absolute atomic E-state index is 12.3. The topological polar surface area (TPSA) is 122 Å². The molecule has 0 bridgehead atoms. The largest absolute Gasteiger partial charge is 0.480 e. The van der Waals surface area contributed by atoms with E-state index < -0.39 is 15.9 Å². The van der Waals surface area contributed by atoms with E-state index in [0.717, 1.165) is 0 Å². The zero-order chi connectivity index (χ0) is 19.9. The summed E-state index contributed by atoms with van der Waals surface area (Å²) in [5, 5.41) is 16.8. The smallest absolute Gasteiger partial charge is 0.266 e. The lowest BCUT2D eigenvalue weighted by Crippen LogP contribution is -2.14. The van der Waals surface area contributed by atoms with E-state index in [4.69, 9.17) is 16.3 Å². The molecule has 2 aromatic rings. The van der Waals surface area contributed by atoms with Crippen LogP contribution in [0.15, 0.2) is 59.0 Å². The number of sulfonamides is 1. The molecule has 0 aromatic heterocycles. The number of benzene rings is 2. The Morgan fingerprint density at radius 3 is 2.48 bits per heavy atom. The van der Waals surface area contributed by atoms with Crippen LogP contribution in [0.25, 0.3) is 6.08 Å². The van der Waals surface area contributed by atoms with Crippen molar-refractivity contribution >= 4 is 27.7 Å². The average molecular weight is 381 g/mol. The molecule has 0 radical (unpaired) electrons. The third kappa shape index (κ3) is 5.44. The number of nitrogens with zero attached hydrogens (tertiary/aromatic N) is 1. The van der Waals surface area contributed by atoms with Gasteiger partial charge in [-0.25, -0.2) is 13.6 Å². The van der Waals surface area contributed by atoms with Gasteiger partial charge in [0.1, 0.15) is 24.0 Å². The summed E-state index contributed by atoms with van der Waals surface area (Å²) >= 11 is 0. The lowest BCUT2D eigenvalue weighted by atomic mass is 10.1. The lowest BCUT2D eigenvalue weighted by molar-refractivity contribution is -0.112. The van der Waals surface area contributed by atoms with Crippen LogP contribution >= 0.6 is 0 Å². The SMILES string of the molecule is C#CCOc1ccccc1/C=C(\C#N)C(=O)Nc1ccc(S(N)(=O)=O)cc1. The number of hydrogen-bond acceptors (Lipinski definition) is 5. The zero-order valence-electron chi connectivity index (χ0n) is 14.0. The van der Waals surface area contributed by atoms with Gasteiger partial charge in [-0.15, -0.1) is 6.42 Å². The highest BCUT2D eigenvalue weighted by Crippen LogP contribution is 2.21. The van der Waals surface area contributed by atoms with Crippen LogP contribution in [0.4, 0.5) is 5.69 Å². The van der Waals surface area contributed by atoms with Gasteiger partial charge in [0.25, 0.3) is 5.91 Å². The minimum atomic E-state index is -3.83. The summed E-state index contributed by atoms with van der Waals surface area (Å²) < 4.78 is 27.9. The Morgan fingerprint density at radius 1 is 1.22 bits per heavy atom. The molecule has 0 aliphatic heterocycles. The molecule has 8 heteroatoms. The summed E-state index contributed by atoms with van der Waals surface area (Å²) in [5.41, 5.74) is 0.664. The number of nitrogens with one attached hydrogen (secondary N) is 1. The fourth-order valence-electron chi connectivity index (χ4n) is 2.08. The number of primary sulfonamides is 1. The van der Waals surface area contributed by atoms with E-state index in [-0.39, 0.29) is 17.1 Å². The van der Waals surface area contributed by atoms with E-state index in [9.17, 15) is 18.5 Å². The van der Waals surface area contributed by atoms with Crippen LogP contribution in [0.1, 0.15) is 5.56 Å². The van der Waals surface area contributed by atoms with Crippen LogP contribution < -0.4 is 15.2 Å². The molecule has 27 heavy (non-hydrogen) atoms. The van der Waals surface area contributed by atoms with Gasteiger partial charge in [0.2, 0.25) is 10.0 Å². The number of ether oxygens (including phenoxy) is 1. The van der Waals surface area contributed by atoms with Crippen molar-refractivity contribution < 1.29 is 17.9 Å². The Morgan fingerprint density at radius 2 is 1.89 bits per heavy atom. The molecule has 0 fully saturated rings. The number of para-hydroxylation sites is 1. The molecule has 3 N–H and O–H groups in total. The summed E-state index contributed by atoms with van der Waals surface area (Å²) in [6.45, 7) is 0.0509. The number of nitriles is 1. The zero-order valence-corrected chi connectivity index (χ0v) is 14.9. The number of amides is 1. The van der Waals surface area contributed by atoms with Gasteiger partial charge >= 0.3 is 0 Å². The van der Waals surface area contributed by atoms with E-state index in [1.165, 1.54) is 30.3 Å². The van der Waals surface area contributed by atoms with Crippen LogP contribution in [0.2, 0.25) is 0 Å². The summed E-state index contributed by atoms with van der Waals surface area (Å²) in [4.78, 5) is 12.3. The van der Waals surface area contributed by atoms with Crippen molar-refractivity contribution in [2.45, 2.75) is 4.90 Å². The molecule has 1 amide bonds. The Hall–Kier alpha value is -3.59. The highest BCUT2D eigenvalue weighted by atomic mass is 32.2. The quantitative estimate of drug-likeness (QED) is 0.449. The first-order chi connectivity index (χ1) is 12.8. The summed E-state index contributed by atoms with van der Waals surface area (Å²) in [6, 6.07) is 13.9. The Balaban J connectivity index is 2.23. The van der Waals surface area contributed by atoms with E-state index >= 15 is 0 Å². The number of rotatable bonds is 6. The molecule has 7 nitrogen and oxygen atoms in total. The van der Waals surface area contributed by atoms with Gasteiger partial charge in [0.05, 0.1) is 4.90 Å². The predicted molar refractivity (Wildman–Crippen MR) is 101 cm³/mol. The van der Waals surface area contributed by atoms with Crippen molar-refractivity contribution in [2.75, 3.05) is 11.9 Å². The van der Waals surface area contributed by atoms with Crippen LogP contribution in [0.5, 0.6) is 5.75 Å². The predicted octanol–water partition coefficient (Wildman–Crippen LogP) is 1.89. The van der Waals surface area contributed by atoms with Crippen molar-refractivity contribution in [3.05, 3.63) is 59.7 Å². The van der Waals surface area contributed by atoms with Crippen LogP contribution in [-0.4, -0.2) is 20.9 Å². The maximum Gasteiger partial charge on any atom is 0.266 e. The molecule has 0 atom stereocenters. The van der Waals surface area contributed by atoms with Crippen molar-refractivity contribution in [3.8, 4) is 24.2 Å². The van der Waals surface area contributed by atoms with Crippen LogP contribution in [0, 0.1) is 23.7 Å². The third-order valence-corrected chi connectivity index (χ3v) is 4.26. The molecule has 136 valence electrons. The van der Waals surface area contributed by atoms with Crippen molar-refractivity contribution in [3.63, 3.8) is 0 Å². The second kappa shape index (κ2) is 8.68. The molecule has 0 aliphatic rings.